The van der Waals surface area contributed by atoms with Crippen molar-refractivity contribution in [2.75, 3.05) is 14.2 Å². The molecule has 2 aromatic rings. The SMILES string of the molecule is CC[n+]1ccc(/C=C/c2cccc(OC)c2OC)cc1. The van der Waals surface area contributed by atoms with Crippen LogP contribution in [0.4, 0.5) is 0 Å². The molecule has 0 aliphatic rings. The van der Waals surface area contributed by atoms with Crippen LogP contribution in [0.1, 0.15) is 18.1 Å². The van der Waals surface area contributed by atoms with Gasteiger partial charge in [-0.2, -0.15) is 0 Å². The Morgan fingerprint density at radius 2 is 1.75 bits per heavy atom. The normalized spacial score (nSPS) is 10.8. The second kappa shape index (κ2) is 6.75. The lowest BCUT2D eigenvalue weighted by Crippen LogP contribution is -2.30. The van der Waals surface area contributed by atoms with Gasteiger partial charge in [-0.25, -0.2) is 4.57 Å². The van der Waals surface area contributed by atoms with Crippen molar-refractivity contribution in [2.24, 2.45) is 0 Å². The van der Waals surface area contributed by atoms with Crippen LogP contribution in [0, 0.1) is 0 Å². The minimum atomic E-state index is 0.742. The minimum absolute atomic E-state index is 0.742. The zero-order valence-electron chi connectivity index (χ0n) is 12.2. The Bertz CT molecular complexity index is 588. The van der Waals surface area contributed by atoms with Crippen LogP contribution in [0.15, 0.2) is 42.7 Å². The highest BCUT2D eigenvalue weighted by molar-refractivity contribution is 5.74. The molecule has 0 saturated carbocycles. The largest absolute Gasteiger partial charge is 0.493 e. The third kappa shape index (κ3) is 3.18. The first-order valence-electron chi connectivity index (χ1n) is 6.66. The molecule has 3 nitrogen and oxygen atoms in total. The smallest absolute Gasteiger partial charge is 0.169 e. The molecule has 2 rings (SSSR count). The first-order valence-corrected chi connectivity index (χ1v) is 6.66. The molecular weight excluding hydrogens is 250 g/mol. The molecule has 1 aromatic carbocycles. The number of hydrogen-bond donors (Lipinski definition) is 0. The predicted molar refractivity (Wildman–Crippen MR) is 80.8 cm³/mol. The van der Waals surface area contributed by atoms with E-state index in [1.807, 2.05) is 24.3 Å². The van der Waals surface area contributed by atoms with Crippen molar-refractivity contribution in [3.63, 3.8) is 0 Å². The van der Waals surface area contributed by atoms with Gasteiger partial charge in [0, 0.05) is 17.7 Å². The van der Waals surface area contributed by atoms with Crippen LogP contribution >= 0.6 is 0 Å². The van der Waals surface area contributed by atoms with Crippen LogP contribution in [0.2, 0.25) is 0 Å². The van der Waals surface area contributed by atoms with E-state index >= 15 is 0 Å². The summed E-state index contributed by atoms with van der Waals surface area (Å²) in [5, 5.41) is 0. The number of para-hydroxylation sites is 1. The molecule has 0 aliphatic carbocycles. The first-order chi connectivity index (χ1) is 9.78. The van der Waals surface area contributed by atoms with Crippen molar-refractivity contribution >= 4 is 12.2 Å². The molecule has 0 atom stereocenters. The van der Waals surface area contributed by atoms with Gasteiger partial charge in [0.25, 0.3) is 0 Å². The molecule has 0 unspecified atom stereocenters. The minimum Gasteiger partial charge on any atom is -0.493 e. The zero-order chi connectivity index (χ0) is 14.4. The van der Waals surface area contributed by atoms with E-state index < -0.39 is 0 Å². The molecule has 1 heterocycles. The summed E-state index contributed by atoms with van der Waals surface area (Å²) in [4.78, 5) is 0. The number of nitrogens with zero attached hydrogens (tertiary/aromatic N) is 1. The van der Waals surface area contributed by atoms with Crippen molar-refractivity contribution in [2.45, 2.75) is 13.5 Å². The highest BCUT2D eigenvalue weighted by Crippen LogP contribution is 2.31. The molecule has 0 fully saturated rings. The average molecular weight is 270 g/mol. The second-order valence-corrected chi connectivity index (χ2v) is 4.38. The van der Waals surface area contributed by atoms with Gasteiger partial charge in [0.05, 0.1) is 14.2 Å². The maximum atomic E-state index is 5.41. The molecule has 3 heteroatoms. The maximum absolute atomic E-state index is 5.41. The van der Waals surface area contributed by atoms with Crippen molar-refractivity contribution in [3.8, 4) is 11.5 Å². The molecule has 0 saturated heterocycles. The predicted octanol–water partition coefficient (Wildman–Crippen LogP) is 3.18. The van der Waals surface area contributed by atoms with E-state index in [9.17, 15) is 0 Å². The van der Waals surface area contributed by atoms with Gasteiger partial charge in [-0.05, 0) is 18.6 Å². The van der Waals surface area contributed by atoms with Crippen LogP contribution in [-0.2, 0) is 6.54 Å². The lowest BCUT2D eigenvalue weighted by molar-refractivity contribution is -0.693. The topological polar surface area (TPSA) is 22.3 Å². The van der Waals surface area contributed by atoms with Gasteiger partial charge in [-0.15, -0.1) is 0 Å². The number of aryl methyl sites for hydroxylation is 1. The van der Waals surface area contributed by atoms with Crippen molar-refractivity contribution < 1.29 is 14.0 Å². The average Bonchev–Trinajstić information content (AvgIpc) is 2.52. The van der Waals surface area contributed by atoms with Crippen molar-refractivity contribution in [1.29, 1.82) is 0 Å². The fraction of sp³-hybridized carbons (Fsp3) is 0.235. The van der Waals surface area contributed by atoms with Crippen LogP contribution in [0.25, 0.3) is 12.2 Å². The molecule has 0 amide bonds. The van der Waals surface area contributed by atoms with E-state index in [1.54, 1.807) is 14.2 Å². The Morgan fingerprint density at radius 3 is 2.35 bits per heavy atom. The molecule has 0 spiro atoms. The Balaban J connectivity index is 2.26. The second-order valence-electron chi connectivity index (χ2n) is 4.38. The molecule has 20 heavy (non-hydrogen) atoms. The summed E-state index contributed by atoms with van der Waals surface area (Å²) < 4.78 is 12.8. The number of ether oxygens (including phenoxy) is 2. The fourth-order valence-electron chi connectivity index (χ4n) is 2.02. The highest BCUT2D eigenvalue weighted by Gasteiger charge is 2.06. The third-order valence-corrected chi connectivity index (χ3v) is 3.17. The van der Waals surface area contributed by atoms with E-state index in [0.717, 1.165) is 29.2 Å². The standard InChI is InChI=1S/C17H20NO2/c1-4-18-12-10-14(11-13-18)8-9-15-6-5-7-16(19-2)17(15)20-3/h5-13H,4H2,1-3H3/q+1/b9-8+. The Hall–Kier alpha value is -2.29. The van der Waals surface area contributed by atoms with E-state index in [2.05, 4.69) is 42.1 Å². The van der Waals surface area contributed by atoms with E-state index in [-0.39, 0.29) is 0 Å². The number of rotatable bonds is 5. The summed E-state index contributed by atoms with van der Waals surface area (Å²) in [6, 6.07) is 10.0. The van der Waals surface area contributed by atoms with E-state index in [1.165, 1.54) is 0 Å². The summed E-state index contributed by atoms with van der Waals surface area (Å²) in [7, 11) is 3.30. The molecule has 1 aromatic heterocycles. The Kier molecular flexibility index (Phi) is 4.77. The molecule has 0 aliphatic heterocycles. The van der Waals surface area contributed by atoms with Gasteiger partial charge in [0.2, 0.25) is 0 Å². The lowest BCUT2D eigenvalue weighted by Gasteiger charge is -2.09. The van der Waals surface area contributed by atoms with E-state index in [0.29, 0.717) is 0 Å². The van der Waals surface area contributed by atoms with Crippen LogP contribution in [-0.4, -0.2) is 14.2 Å². The summed E-state index contributed by atoms with van der Waals surface area (Å²) in [6.07, 6.45) is 8.25. The number of methoxy groups -OCH3 is 2. The first kappa shape index (κ1) is 14.1. The summed E-state index contributed by atoms with van der Waals surface area (Å²) >= 11 is 0. The summed E-state index contributed by atoms with van der Waals surface area (Å²) in [5.41, 5.74) is 2.15. The quantitative estimate of drug-likeness (QED) is 0.779. The molecule has 104 valence electrons. The Labute approximate surface area is 120 Å². The number of aromatic nitrogens is 1. The molecule has 0 N–H and O–H groups in total. The van der Waals surface area contributed by atoms with Gasteiger partial charge < -0.3 is 9.47 Å². The van der Waals surface area contributed by atoms with Crippen molar-refractivity contribution in [3.05, 3.63) is 53.9 Å². The van der Waals surface area contributed by atoms with Crippen LogP contribution in [0.5, 0.6) is 11.5 Å². The molecule has 0 bridgehead atoms. The number of benzene rings is 1. The van der Waals surface area contributed by atoms with Crippen LogP contribution in [0.3, 0.4) is 0 Å². The van der Waals surface area contributed by atoms with Crippen LogP contribution < -0.4 is 14.0 Å². The lowest BCUT2D eigenvalue weighted by atomic mass is 10.1. The highest BCUT2D eigenvalue weighted by atomic mass is 16.5. The molecule has 0 radical (unpaired) electrons. The van der Waals surface area contributed by atoms with Gasteiger partial charge in [-0.1, -0.05) is 24.3 Å². The summed E-state index contributed by atoms with van der Waals surface area (Å²) in [6.45, 7) is 3.10. The van der Waals surface area contributed by atoms with Crippen molar-refractivity contribution in [1.82, 2.24) is 0 Å². The maximum Gasteiger partial charge on any atom is 0.169 e. The van der Waals surface area contributed by atoms with Gasteiger partial charge in [0.1, 0.15) is 6.54 Å². The van der Waals surface area contributed by atoms with Gasteiger partial charge in [0.15, 0.2) is 23.9 Å². The third-order valence-electron chi connectivity index (χ3n) is 3.17. The number of hydrogen-bond acceptors (Lipinski definition) is 2. The fourth-order valence-corrected chi connectivity index (χ4v) is 2.02. The zero-order valence-corrected chi connectivity index (χ0v) is 12.2. The van der Waals surface area contributed by atoms with Gasteiger partial charge in [-0.3, -0.25) is 0 Å². The Morgan fingerprint density at radius 1 is 1.00 bits per heavy atom. The molecular formula is C17H20NO2+. The van der Waals surface area contributed by atoms with Gasteiger partial charge >= 0.3 is 0 Å². The van der Waals surface area contributed by atoms with E-state index in [4.69, 9.17) is 9.47 Å². The monoisotopic (exact) mass is 270 g/mol. The summed E-state index contributed by atoms with van der Waals surface area (Å²) in [5.74, 6) is 1.50. The number of pyridine rings is 1.